The molecule has 0 saturated carbocycles. The van der Waals surface area contributed by atoms with Crippen molar-refractivity contribution in [1.82, 2.24) is 10.4 Å². The average molecular weight is 142 g/mol. The Hall–Kier alpha value is -0.0800. The SMILES string of the molecule is CNN1C(C)C1(C)C(C)C. The molecule has 1 fully saturated rings. The molecule has 2 nitrogen and oxygen atoms in total. The third-order valence-electron chi connectivity index (χ3n) is 3.09. The molecule has 2 heteroatoms. The van der Waals surface area contributed by atoms with Gasteiger partial charge in [-0.2, -0.15) is 0 Å². The summed E-state index contributed by atoms with van der Waals surface area (Å²) < 4.78 is 0. The number of hydrogen-bond acceptors (Lipinski definition) is 2. The lowest BCUT2D eigenvalue weighted by Gasteiger charge is -2.14. The fraction of sp³-hybridized carbons (Fsp3) is 1.00. The van der Waals surface area contributed by atoms with Gasteiger partial charge in [0, 0.05) is 6.04 Å². The summed E-state index contributed by atoms with van der Waals surface area (Å²) in [4.78, 5) is 0. The second-order valence-electron chi connectivity index (χ2n) is 3.65. The van der Waals surface area contributed by atoms with E-state index in [4.69, 9.17) is 0 Å². The standard InChI is InChI=1S/C8H18N2/c1-6(2)8(4)7(3)10(8)9-5/h6-7,9H,1-5H3. The molecule has 1 rings (SSSR count). The van der Waals surface area contributed by atoms with Gasteiger partial charge in [-0.05, 0) is 26.8 Å². The minimum Gasteiger partial charge on any atom is -0.257 e. The topological polar surface area (TPSA) is 15.0 Å². The van der Waals surface area contributed by atoms with Gasteiger partial charge in [-0.25, -0.2) is 5.01 Å². The first-order valence-electron chi connectivity index (χ1n) is 4.01. The highest BCUT2D eigenvalue weighted by molar-refractivity contribution is 5.11. The Bertz CT molecular complexity index is 133. The Morgan fingerprint density at radius 1 is 1.50 bits per heavy atom. The highest BCUT2D eigenvalue weighted by Crippen LogP contribution is 2.43. The summed E-state index contributed by atoms with van der Waals surface area (Å²) >= 11 is 0. The lowest BCUT2D eigenvalue weighted by Crippen LogP contribution is -2.28. The van der Waals surface area contributed by atoms with Gasteiger partial charge in [0.15, 0.2) is 0 Å². The van der Waals surface area contributed by atoms with Crippen molar-refractivity contribution in [3.63, 3.8) is 0 Å². The fourth-order valence-corrected chi connectivity index (χ4v) is 1.77. The third-order valence-corrected chi connectivity index (χ3v) is 3.09. The normalized spacial score (nSPS) is 46.2. The van der Waals surface area contributed by atoms with E-state index in [0.29, 0.717) is 11.6 Å². The fourth-order valence-electron chi connectivity index (χ4n) is 1.77. The van der Waals surface area contributed by atoms with Crippen LogP contribution in [0.4, 0.5) is 0 Å². The molecular weight excluding hydrogens is 124 g/mol. The lowest BCUT2D eigenvalue weighted by molar-refractivity contribution is 0.293. The molecular formula is C8H18N2. The van der Waals surface area contributed by atoms with Crippen LogP contribution in [0.15, 0.2) is 0 Å². The van der Waals surface area contributed by atoms with Crippen LogP contribution in [0.3, 0.4) is 0 Å². The highest BCUT2D eigenvalue weighted by Gasteiger charge is 2.57. The first-order chi connectivity index (χ1) is 4.55. The van der Waals surface area contributed by atoms with Crippen LogP contribution in [0.2, 0.25) is 0 Å². The Kier molecular flexibility index (Phi) is 1.77. The largest absolute Gasteiger partial charge is 0.257 e. The summed E-state index contributed by atoms with van der Waals surface area (Å²) in [5.41, 5.74) is 3.59. The summed E-state index contributed by atoms with van der Waals surface area (Å²) in [6.45, 7) is 9.11. The predicted molar refractivity (Wildman–Crippen MR) is 43.6 cm³/mol. The van der Waals surface area contributed by atoms with Gasteiger partial charge >= 0.3 is 0 Å². The van der Waals surface area contributed by atoms with Gasteiger partial charge in [0.1, 0.15) is 0 Å². The number of nitrogens with one attached hydrogen (secondary N) is 1. The van der Waals surface area contributed by atoms with Crippen molar-refractivity contribution >= 4 is 0 Å². The van der Waals surface area contributed by atoms with Gasteiger partial charge < -0.3 is 0 Å². The number of hydrazine groups is 1. The molecule has 1 heterocycles. The predicted octanol–water partition coefficient (Wildman–Crippen LogP) is 1.24. The molecule has 0 radical (unpaired) electrons. The lowest BCUT2D eigenvalue weighted by atomic mass is 9.94. The Labute approximate surface area is 63.6 Å². The Balaban J connectivity index is 2.58. The summed E-state index contributed by atoms with van der Waals surface area (Å²) in [5.74, 6) is 0.731. The van der Waals surface area contributed by atoms with Gasteiger partial charge in [-0.3, -0.25) is 5.43 Å². The Morgan fingerprint density at radius 2 is 2.00 bits per heavy atom. The molecule has 3 unspecified atom stereocenters. The third kappa shape index (κ3) is 0.789. The first-order valence-corrected chi connectivity index (χ1v) is 4.01. The summed E-state index contributed by atoms with van der Waals surface area (Å²) in [5, 5.41) is 2.30. The Morgan fingerprint density at radius 3 is 2.10 bits per heavy atom. The summed E-state index contributed by atoms with van der Waals surface area (Å²) in [6, 6.07) is 0.692. The van der Waals surface area contributed by atoms with Crippen LogP contribution < -0.4 is 5.43 Å². The monoisotopic (exact) mass is 142 g/mol. The summed E-state index contributed by atoms with van der Waals surface area (Å²) in [6.07, 6.45) is 0. The van der Waals surface area contributed by atoms with E-state index in [0.717, 1.165) is 5.92 Å². The first kappa shape index (κ1) is 8.02. The van der Waals surface area contributed by atoms with E-state index in [1.54, 1.807) is 0 Å². The van der Waals surface area contributed by atoms with Crippen LogP contribution in [-0.2, 0) is 0 Å². The molecule has 0 aromatic rings. The molecule has 1 aliphatic rings. The smallest absolute Gasteiger partial charge is 0.0519 e. The quantitative estimate of drug-likeness (QED) is 0.583. The van der Waals surface area contributed by atoms with E-state index in [2.05, 4.69) is 38.1 Å². The second kappa shape index (κ2) is 2.21. The van der Waals surface area contributed by atoms with E-state index >= 15 is 0 Å². The van der Waals surface area contributed by atoms with Crippen LogP contribution in [-0.4, -0.2) is 23.6 Å². The zero-order valence-electron chi connectivity index (χ0n) is 7.60. The maximum atomic E-state index is 3.19. The maximum Gasteiger partial charge on any atom is 0.0519 e. The van der Waals surface area contributed by atoms with Gasteiger partial charge in [-0.15, -0.1) is 0 Å². The van der Waals surface area contributed by atoms with Gasteiger partial charge in [0.2, 0.25) is 0 Å². The number of nitrogens with zero attached hydrogens (tertiary/aromatic N) is 1. The van der Waals surface area contributed by atoms with Gasteiger partial charge in [0.25, 0.3) is 0 Å². The van der Waals surface area contributed by atoms with Crippen molar-refractivity contribution in [2.24, 2.45) is 5.92 Å². The molecule has 1 N–H and O–H groups in total. The van der Waals surface area contributed by atoms with E-state index in [1.807, 2.05) is 7.05 Å². The van der Waals surface area contributed by atoms with Crippen LogP contribution in [0.5, 0.6) is 0 Å². The minimum absolute atomic E-state index is 0.398. The molecule has 0 amide bonds. The van der Waals surface area contributed by atoms with Crippen molar-refractivity contribution in [3.05, 3.63) is 0 Å². The van der Waals surface area contributed by atoms with Crippen LogP contribution in [0.1, 0.15) is 27.7 Å². The summed E-state index contributed by atoms with van der Waals surface area (Å²) in [7, 11) is 1.99. The maximum absolute atomic E-state index is 3.19. The van der Waals surface area contributed by atoms with Crippen molar-refractivity contribution in [3.8, 4) is 0 Å². The number of hydrogen-bond donors (Lipinski definition) is 1. The van der Waals surface area contributed by atoms with E-state index in [-0.39, 0.29) is 0 Å². The zero-order chi connectivity index (χ0) is 7.94. The molecule has 3 atom stereocenters. The number of rotatable bonds is 2. The van der Waals surface area contributed by atoms with Crippen molar-refractivity contribution in [2.45, 2.75) is 39.3 Å². The molecule has 0 spiro atoms. The van der Waals surface area contributed by atoms with Gasteiger partial charge in [0.05, 0.1) is 5.54 Å². The molecule has 0 aliphatic carbocycles. The second-order valence-corrected chi connectivity index (χ2v) is 3.65. The van der Waals surface area contributed by atoms with Crippen molar-refractivity contribution in [2.75, 3.05) is 7.05 Å². The van der Waals surface area contributed by atoms with Crippen molar-refractivity contribution < 1.29 is 0 Å². The van der Waals surface area contributed by atoms with Gasteiger partial charge in [-0.1, -0.05) is 13.8 Å². The average Bonchev–Trinajstić information content (AvgIpc) is 2.38. The minimum atomic E-state index is 0.398. The molecule has 0 bridgehead atoms. The van der Waals surface area contributed by atoms with Crippen molar-refractivity contribution in [1.29, 1.82) is 0 Å². The molecule has 0 aromatic heterocycles. The molecule has 1 aliphatic heterocycles. The van der Waals surface area contributed by atoms with Crippen LogP contribution >= 0.6 is 0 Å². The molecule has 60 valence electrons. The molecule has 0 aromatic carbocycles. The van der Waals surface area contributed by atoms with E-state index < -0.39 is 0 Å². The zero-order valence-corrected chi connectivity index (χ0v) is 7.60. The van der Waals surface area contributed by atoms with E-state index in [9.17, 15) is 0 Å². The van der Waals surface area contributed by atoms with E-state index in [1.165, 1.54) is 0 Å². The highest BCUT2D eigenvalue weighted by atomic mass is 15.7. The molecule has 1 saturated heterocycles. The molecule has 10 heavy (non-hydrogen) atoms. The van der Waals surface area contributed by atoms with Crippen LogP contribution in [0.25, 0.3) is 0 Å². The van der Waals surface area contributed by atoms with Crippen LogP contribution in [0, 0.1) is 5.92 Å².